The molecule has 1 aromatic carbocycles. The van der Waals surface area contributed by atoms with Gasteiger partial charge in [-0.3, -0.25) is 10.00 Å². The normalized spacial score (nSPS) is 18.4. The van der Waals surface area contributed by atoms with E-state index in [0.717, 1.165) is 62.5 Å². The molecule has 0 aliphatic carbocycles. The van der Waals surface area contributed by atoms with Crippen LogP contribution >= 0.6 is 0 Å². The first-order valence-corrected chi connectivity index (χ1v) is 11.5. The minimum Gasteiger partial charge on any atom is -0.490 e. The van der Waals surface area contributed by atoms with E-state index in [2.05, 4.69) is 28.1 Å². The van der Waals surface area contributed by atoms with Crippen molar-refractivity contribution >= 4 is 0 Å². The van der Waals surface area contributed by atoms with Crippen LogP contribution in [0.25, 0.3) is 0 Å². The maximum absolute atomic E-state index is 9.88. The summed E-state index contributed by atoms with van der Waals surface area (Å²) in [5.74, 6) is 1.43. The van der Waals surface area contributed by atoms with Gasteiger partial charge >= 0.3 is 0 Å². The molecule has 2 aliphatic heterocycles. The molecule has 0 saturated carbocycles. The minimum atomic E-state index is -0.388. The minimum absolute atomic E-state index is 0.0772. The molecule has 1 fully saturated rings. The Morgan fingerprint density at radius 3 is 2.79 bits per heavy atom. The van der Waals surface area contributed by atoms with Crippen molar-refractivity contribution in [3.05, 3.63) is 46.5 Å². The van der Waals surface area contributed by atoms with Gasteiger partial charge in [0.2, 0.25) is 11.8 Å². The summed E-state index contributed by atoms with van der Waals surface area (Å²) in [5, 5.41) is 17.2. The number of rotatable bonds is 9. The monoisotopic (exact) mass is 453 g/mol. The molecule has 2 aromatic rings. The molecular formula is C24H31N5O4. The van der Waals surface area contributed by atoms with E-state index in [0.29, 0.717) is 36.2 Å². The number of hydrogen-bond acceptors (Lipinski definition) is 8. The van der Waals surface area contributed by atoms with Crippen molar-refractivity contribution in [1.29, 1.82) is 5.26 Å². The second-order valence-corrected chi connectivity index (χ2v) is 8.04. The molecule has 3 heterocycles. The topological polar surface area (TPSA) is 119 Å². The lowest BCUT2D eigenvalue weighted by molar-refractivity contribution is 0.0321. The molecule has 4 rings (SSSR count). The number of benzene rings is 1. The van der Waals surface area contributed by atoms with Gasteiger partial charge in [0.15, 0.2) is 11.5 Å². The third-order valence-corrected chi connectivity index (χ3v) is 5.89. The maximum Gasteiger partial charge on any atom is 0.244 e. The zero-order valence-electron chi connectivity index (χ0n) is 19.2. The van der Waals surface area contributed by atoms with Crippen molar-refractivity contribution in [1.82, 2.24) is 15.1 Å². The molecule has 0 radical (unpaired) electrons. The van der Waals surface area contributed by atoms with E-state index in [9.17, 15) is 5.26 Å². The number of nitriles is 1. The summed E-state index contributed by atoms with van der Waals surface area (Å²) >= 11 is 0. The van der Waals surface area contributed by atoms with Gasteiger partial charge < -0.3 is 24.7 Å². The Labute approximate surface area is 194 Å². The van der Waals surface area contributed by atoms with E-state index in [4.69, 9.17) is 24.7 Å². The van der Waals surface area contributed by atoms with Gasteiger partial charge in [-0.1, -0.05) is 19.4 Å². The summed E-state index contributed by atoms with van der Waals surface area (Å²) in [6, 6.07) is 8.03. The smallest absolute Gasteiger partial charge is 0.244 e. The second kappa shape index (κ2) is 10.6. The molecule has 0 unspecified atom stereocenters. The maximum atomic E-state index is 9.88. The Bertz CT molecular complexity index is 1040. The predicted molar refractivity (Wildman–Crippen MR) is 122 cm³/mol. The number of morpholine rings is 1. The zero-order valence-corrected chi connectivity index (χ0v) is 19.2. The van der Waals surface area contributed by atoms with E-state index in [1.54, 1.807) is 0 Å². The van der Waals surface area contributed by atoms with Crippen LogP contribution in [0.1, 0.15) is 43.0 Å². The molecule has 0 spiro atoms. The highest BCUT2D eigenvalue weighted by Crippen LogP contribution is 2.44. The molecule has 2 aliphatic rings. The number of nitrogens with zero attached hydrogens (tertiary/aromatic N) is 3. The summed E-state index contributed by atoms with van der Waals surface area (Å²) in [4.78, 5) is 2.32. The number of H-pyrrole nitrogens is 1. The van der Waals surface area contributed by atoms with Gasteiger partial charge in [-0.25, -0.2) is 0 Å². The Balaban J connectivity index is 1.62. The summed E-state index contributed by atoms with van der Waals surface area (Å²) in [6.45, 7) is 9.27. The van der Waals surface area contributed by atoms with Crippen LogP contribution in [0.3, 0.4) is 0 Å². The molecule has 1 atom stereocenters. The first-order chi connectivity index (χ1) is 16.2. The zero-order chi connectivity index (χ0) is 23.2. The van der Waals surface area contributed by atoms with Crippen LogP contribution in [0.5, 0.6) is 17.4 Å². The van der Waals surface area contributed by atoms with Crippen LogP contribution in [-0.2, 0) is 11.2 Å². The number of ether oxygens (including phenoxy) is 4. The Kier molecular flexibility index (Phi) is 7.37. The molecule has 1 saturated heterocycles. The van der Waals surface area contributed by atoms with Crippen LogP contribution < -0.4 is 19.9 Å². The molecule has 176 valence electrons. The van der Waals surface area contributed by atoms with Gasteiger partial charge in [0.25, 0.3) is 0 Å². The summed E-state index contributed by atoms with van der Waals surface area (Å²) in [6.07, 6.45) is 1.73. The molecule has 9 nitrogen and oxygen atoms in total. The molecular weight excluding hydrogens is 422 g/mol. The van der Waals surface area contributed by atoms with Gasteiger partial charge in [0.05, 0.1) is 25.7 Å². The first-order valence-electron chi connectivity index (χ1n) is 11.5. The summed E-state index contributed by atoms with van der Waals surface area (Å²) < 4.78 is 23.0. The van der Waals surface area contributed by atoms with E-state index < -0.39 is 0 Å². The third-order valence-electron chi connectivity index (χ3n) is 5.89. The van der Waals surface area contributed by atoms with Crippen LogP contribution in [0.2, 0.25) is 0 Å². The van der Waals surface area contributed by atoms with E-state index in [-0.39, 0.29) is 11.8 Å². The number of aryl methyl sites for hydroxylation is 1. The number of nitrogens with one attached hydrogen (secondary N) is 1. The lowest BCUT2D eigenvalue weighted by atomic mass is 9.83. The number of nitrogens with two attached hydrogens (primary N) is 1. The molecule has 1 aromatic heterocycles. The van der Waals surface area contributed by atoms with Crippen molar-refractivity contribution in [2.75, 3.05) is 46.1 Å². The SMILES string of the molecule is CCCc1[nH]nc2c1[C@@H](c1ccc(OCCN3CCOCC3)c(OCC)c1)C(C#N)=C(N)O2. The Morgan fingerprint density at radius 1 is 1.24 bits per heavy atom. The van der Waals surface area contributed by atoms with Crippen molar-refractivity contribution in [2.24, 2.45) is 5.73 Å². The number of aromatic nitrogens is 2. The number of hydrogen-bond donors (Lipinski definition) is 2. The van der Waals surface area contributed by atoms with Crippen molar-refractivity contribution in [3.8, 4) is 23.4 Å². The fourth-order valence-electron chi connectivity index (χ4n) is 4.28. The highest BCUT2D eigenvalue weighted by atomic mass is 16.5. The summed E-state index contributed by atoms with van der Waals surface area (Å²) in [5.41, 5.74) is 9.13. The highest BCUT2D eigenvalue weighted by Gasteiger charge is 2.35. The van der Waals surface area contributed by atoms with Gasteiger partial charge in [-0.2, -0.15) is 5.26 Å². The van der Waals surface area contributed by atoms with Crippen LogP contribution in [0.15, 0.2) is 29.7 Å². The van der Waals surface area contributed by atoms with Gasteiger partial charge in [0, 0.05) is 30.9 Å². The first kappa shape index (κ1) is 23.0. The van der Waals surface area contributed by atoms with Crippen molar-refractivity contribution in [2.45, 2.75) is 32.6 Å². The van der Waals surface area contributed by atoms with Gasteiger partial charge in [0.1, 0.15) is 18.2 Å². The predicted octanol–water partition coefficient (Wildman–Crippen LogP) is 2.69. The largest absolute Gasteiger partial charge is 0.490 e. The molecule has 33 heavy (non-hydrogen) atoms. The van der Waals surface area contributed by atoms with E-state index >= 15 is 0 Å². The number of fused-ring (bicyclic) bond motifs is 1. The lowest BCUT2D eigenvalue weighted by Crippen LogP contribution is -2.38. The van der Waals surface area contributed by atoms with E-state index in [1.165, 1.54) is 0 Å². The molecule has 0 bridgehead atoms. The molecule has 0 amide bonds. The highest BCUT2D eigenvalue weighted by molar-refractivity contribution is 5.57. The van der Waals surface area contributed by atoms with Crippen LogP contribution in [0, 0.1) is 11.3 Å². The Hall–Kier alpha value is -3.22. The summed E-state index contributed by atoms with van der Waals surface area (Å²) in [7, 11) is 0. The fourth-order valence-corrected chi connectivity index (χ4v) is 4.28. The molecule has 3 N–H and O–H groups in total. The molecule has 9 heteroatoms. The third kappa shape index (κ3) is 4.92. The fraction of sp³-hybridized carbons (Fsp3) is 0.500. The average Bonchev–Trinajstić information content (AvgIpc) is 3.22. The average molecular weight is 454 g/mol. The number of aromatic amines is 1. The van der Waals surface area contributed by atoms with Gasteiger partial charge in [-0.05, 0) is 31.0 Å². The Morgan fingerprint density at radius 2 is 2.06 bits per heavy atom. The van der Waals surface area contributed by atoms with Crippen LogP contribution in [0.4, 0.5) is 0 Å². The van der Waals surface area contributed by atoms with Crippen molar-refractivity contribution < 1.29 is 18.9 Å². The second-order valence-electron chi connectivity index (χ2n) is 8.04. The lowest BCUT2D eigenvalue weighted by Gasteiger charge is -2.27. The van der Waals surface area contributed by atoms with Gasteiger partial charge in [-0.15, -0.1) is 5.10 Å². The van der Waals surface area contributed by atoms with Crippen molar-refractivity contribution in [3.63, 3.8) is 0 Å². The quantitative estimate of drug-likeness (QED) is 0.595. The number of allylic oxidation sites excluding steroid dienone is 1. The van der Waals surface area contributed by atoms with Crippen LogP contribution in [-0.4, -0.2) is 61.2 Å². The standard InChI is InChI=1S/C24H31N5O4/c1-3-5-18-22-21(17(15-25)23(26)33-24(22)28-27-18)16-6-7-19(20(14-16)31-4-2)32-13-10-29-8-11-30-12-9-29/h6-7,14,21H,3-5,8-13,26H2,1-2H3,(H,27,28)/t21-/m0/s1. The van der Waals surface area contributed by atoms with E-state index in [1.807, 2.05) is 25.1 Å².